The van der Waals surface area contributed by atoms with Crippen LogP contribution in [0.2, 0.25) is 0 Å². The van der Waals surface area contributed by atoms with E-state index in [9.17, 15) is 8.42 Å². The molecule has 2 aromatic rings. The molecule has 0 spiro atoms. The van der Waals surface area contributed by atoms with Gasteiger partial charge < -0.3 is 14.9 Å². The Balaban J connectivity index is 2.04. The van der Waals surface area contributed by atoms with Crippen LogP contribution in [0.4, 0.5) is 0 Å². The second kappa shape index (κ2) is 6.42. The van der Waals surface area contributed by atoms with Crippen molar-refractivity contribution in [3.05, 3.63) is 36.2 Å². The van der Waals surface area contributed by atoms with Gasteiger partial charge in [-0.05, 0) is 13.0 Å². The monoisotopic (exact) mass is 311 g/mol. The van der Waals surface area contributed by atoms with Crippen molar-refractivity contribution >= 4 is 10.0 Å². The summed E-state index contributed by atoms with van der Waals surface area (Å²) < 4.78 is 30.8. The molecule has 0 saturated carbocycles. The Labute approximate surface area is 124 Å². The lowest BCUT2D eigenvalue weighted by atomic mass is 10.4. The lowest BCUT2D eigenvalue weighted by molar-refractivity contribution is 0.579. The summed E-state index contributed by atoms with van der Waals surface area (Å²) in [5.74, 6) is 0.839. The van der Waals surface area contributed by atoms with Gasteiger partial charge in [-0.25, -0.2) is 18.1 Å². The van der Waals surface area contributed by atoms with Gasteiger partial charge in [0.15, 0.2) is 0 Å². The quantitative estimate of drug-likeness (QED) is 0.765. The molecule has 0 aliphatic carbocycles. The summed E-state index contributed by atoms with van der Waals surface area (Å²) in [6.07, 6.45) is 5.68. The van der Waals surface area contributed by atoms with Gasteiger partial charge in [-0.15, -0.1) is 0 Å². The van der Waals surface area contributed by atoms with E-state index in [1.165, 1.54) is 0 Å². The van der Waals surface area contributed by atoms with Gasteiger partial charge in [0, 0.05) is 57.4 Å². The summed E-state index contributed by atoms with van der Waals surface area (Å²) in [7, 11) is -1.63. The lowest BCUT2D eigenvalue weighted by Crippen LogP contribution is -2.26. The third kappa shape index (κ3) is 3.52. The predicted molar refractivity (Wildman–Crippen MR) is 80.1 cm³/mol. The lowest BCUT2D eigenvalue weighted by Gasteiger charge is -2.05. The van der Waals surface area contributed by atoms with Crippen LogP contribution < -0.4 is 10.5 Å². The Kier molecular flexibility index (Phi) is 4.81. The van der Waals surface area contributed by atoms with Gasteiger partial charge in [-0.2, -0.15) is 0 Å². The molecule has 8 heteroatoms. The highest BCUT2D eigenvalue weighted by molar-refractivity contribution is 7.89. The Morgan fingerprint density at radius 1 is 1.43 bits per heavy atom. The maximum Gasteiger partial charge on any atom is 0.242 e. The van der Waals surface area contributed by atoms with Crippen LogP contribution in [0.1, 0.15) is 18.4 Å². The topological polar surface area (TPSA) is 94.9 Å². The molecule has 0 aliphatic rings. The van der Waals surface area contributed by atoms with E-state index >= 15 is 0 Å². The number of nitrogens with one attached hydrogen (secondary N) is 1. The van der Waals surface area contributed by atoms with Crippen LogP contribution in [-0.2, 0) is 36.6 Å². The van der Waals surface area contributed by atoms with Crippen molar-refractivity contribution < 1.29 is 8.42 Å². The molecule has 0 bridgehead atoms. The van der Waals surface area contributed by atoms with Crippen molar-refractivity contribution in [2.75, 3.05) is 6.54 Å². The highest BCUT2D eigenvalue weighted by Gasteiger charge is 2.17. The molecule has 0 saturated heterocycles. The normalized spacial score (nSPS) is 12.0. The number of nitrogens with two attached hydrogens (primary N) is 1. The summed E-state index contributed by atoms with van der Waals surface area (Å²) in [5, 5.41) is 0. The molecule has 0 atom stereocenters. The number of hydrogen-bond donors (Lipinski definition) is 2. The van der Waals surface area contributed by atoms with Gasteiger partial charge in [0.1, 0.15) is 5.82 Å². The van der Waals surface area contributed by atoms with E-state index in [1.54, 1.807) is 18.5 Å². The largest absolute Gasteiger partial charge is 0.349 e. The fourth-order valence-corrected chi connectivity index (χ4v) is 3.25. The summed E-state index contributed by atoms with van der Waals surface area (Å²) >= 11 is 0. The first-order chi connectivity index (χ1) is 9.97. The van der Waals surface area contributed by atoms with E-state index in [4.69, 9.17) is 5.73 Å². The van der Waals surface area contributed by atoms with Gasteiger partial charge in [0.2, 0.25) is 10.0 Å². The summed E-state index contributed by atoms with van der Waals surface area (Å²) in [6.45, 7) is 3.26. The van der Waals surface area contributed by atoms with Crippen molar-refractivity contribution in [3.63, 3.8) is 0 Å². The van der Waals surface area contributed by atoms with Crippen LogP contribution in [0.15, 0.2) is 29.6 Å². The van der Waals surface area contributed by atoms with Crippen LogP contribution >= 0.6 is 0 Å². The molecular formula is C13H21N5O2S. The zero-order chi connectivity index (χ0) is 15.5. The Hall–Kier alpha value is -1.64. The SMILES string of the molecule is CCn1cc(S(=O)(=O)NCCc2nccn2C)cc1CN. The molecule has 116 valence electrons. The fraction of sp³-hybridized carbons (Fsp3) is 0.462. The third-order valence-electron chi connectivity index (χ3n) is 3.38. The van der Waals surface area contributed by atoms with Gasteiger partial charge >= 0.3 is 0 Å². The van der Waals surface area contributed by atoms with Crippen LogP contribution in [0, 0.1) is 0 Å². The minimum absolute atomic E-state index is 0.254. The maximum atomic E-state index is 12.3. The van der Waals surface area contributed by atoms with Crippen LogP contribution in [0.3, 0.4) is 0 Å². The van der Waals surface area contributed by atoms with Crippen molar-refractivity contribution in [2.24, 2.45) is 12.8 Å². The molecule has 2 aromatic heterocycles. The van der Waals surface area contributed by atoms with E-state index in [0.717, 1.165) is 11.5 Å². The highest BCUT2D eigenvalue weighted by Crippen LogP contribution is 2.14. The highest BCUT2D eigenvalue weighted by atomic mass is 32.2. The molecule has 0 aliphatic heterocycles. The van der Waals surface area contributed by atoms with E-state index in [0.29, 0.717) is 26.1 Å². The number of hydrogen-bond acceptors (Lipinski definition) is 4. The van der Waals surface area contributed by atoms with E-state index in [-0.39, 0.29) is 4.90 Å². The summed E-state index contributed by atoms with van der Waals surface area (Å²) in [4.78, 5) is 4.41. The van der Waals surface area contributed by atoms with E-state index in [1.807, 2.05) is 29.3 Å². The first-order valence-corrected chi connectivity index (χ1v) is 8.31. The number of rotatable bonds is 7. The standard InChI is InChI=1S/C13H21N5O2S/c1-3-18-10-12(8-11(18)9-14)21(19,20)16-5-4-13-15-6-7-17(13)2/h6-8,10,16H,3-5,9,14H2,1-2H3. The Morgan fingerprint density at radius 2 is 2.19 bits per heavy atom. The van der Waals surface area contributed by atoms with Crippen molar-refractivity contribution in [1.29, 1.82) is 0 Å². The molecule has 21 heavy (non-hydrogen) atoms. The van der Waals surface area contributed by atoms with Crippen molar-refractivity contribution in [3.8, 4) is 0 Å². The zero-order valence-electron chi connectivity index (χ0n) is 12.3. The van der Waals surface area contributed by atoms with Gasteiger partial charge in [0.05, 0.1) is 4.90 Å². The molecule has 0 radical (unpaired) electrons. The predicted octanol–water partition coefficient (Wildman–Crippen LogP) is 0.221. The molecule has 2 heterocycles. The molecule has 7 nitrogen and oxygen atoms in total. The molecule has 2 rings (SSSR count). The second-order valence-corrected chi connectivity index (χ2v) is 6.53. The maximum absolute atomic E-state index is 12.3. The summed E-state index contributed by atoms with van der Waals surface area (Å²) in [5.41, 5.74) is 6.42. The van der Waals surface area contributed by atoms with Crippen molar-refractivity contribution in [2.45, 2.75) is 31.3 Å². The molecule has 0 fully saturated rings. The van der Waals surface area contributed by atoms with Crippen LogP contribution in [-0.4, -0.2) is 29.1 Å². The van der Waals surface area contributed by atoms with E-state index in [2.05, 4.69) is 9.71 Å². The minimum atomic E-state index is -3.51. The van der Waals surface area contributed by atoms with Gasteiger partial charge in [0.25, 0.3) is 0 Å². The zero-order valence-corrected chi connectivity index (χ0v) is 13.1. The third-order valence-corrected chi connectivity index (χ3v) is 4.81. The Bertz CT molecular complexity index is 680. The van der Waals surface area contributed by atoms with Crippen LogP contribution in [0.25, 0.3) is 0 Å². The molecule has 0 amide bonds. The molecular weight excluding hydrogens is 290 g/mol. The number of imidazole rings is 1. The Morgan fingerprint density at radius 3 is 2.71 bits per heavy atom. The number of sulfonamides is 1. The number of aromatic nitrogens is 3. The molecule has 0 aromatic carbocycles. The average Bonchev–Trinajstić information content (AvgIpc) is 3.05. The minimum Gasteiger partial charge on any atom is -0.349 e. The average molecular weight is 311 g/mol. The number of nitrogens with zero attached hydrogens (tertiary/aromatic N) is 3. The van der Waals surface area contributed by atoms with E-state index < -0.39 is 10.0 Å². The molecule has 0 unspecified atom stereocenters. The first-order valence-electron chi connectivity index (χ1n) is 6.83. The number of aryl methyl sites for hydroxylation is 2. The fourth-order valence-electron chi connectivity index (χ4n) is 2.16. The smallest absolute Gasteiger partial charge is 0.242 e. The second-order valence-electron chi connectivity index (χ2n) is 4.76. The first kappa shape index (κ1) is 15.7. The van der Waals surface area contributed by atoms with Crippen molar-refractivity contribution in [1.82, 2.24) is 18.8 Å². The van der Waals surface area contributed by atoms with Crippen LogP contribution in [0.5, 0.6) is 0 Å². The summed E-state index contributed by atoms with van der Waals surface area (Å²) in [6, 6.07) is 1.62. The molecule has 3 N–H and O–H groups in total. The van der Waals surface area contributed by atoms with Gasteiger partial charge in [-0.1, -0.05) is 0 Å². The van der Waals surface area contributed by atoms with Gasteiger partial charge in [-0.3, -0.25) is 0 Å².